The van der Waals surface area contributed by atoms with Crippen LogP contribution in [-0.2, 0) is 0 Å². The second kappa shape index (κ2) is 6.88. The standard InChI is InChI=1S/C15H21N5O/c1-4-9-21-15-19-13(16)18-14(20-15)17-12-7-5-11(6-8-12)10(2)3/h5-8,10H,4,9H2,1-3H3,(H3,16,17,18,19,20). The fourth-order valence-electron chi connectivity index (χ4n) is 1.77. The van der Waals surface area contributed by atoms with E-state index in [2.05, 4.69) is 46.2 Å². The van der Waals surface area contributed by atoms with E-state index in [9.17, 15) is 0 Å². The summed E-state index contributed by atoms with van der Waals surface area (Å²) in [4.78, 5) is 12.2. The van der Waals surface area contributed by atoms with Crippen molar-refractivity contribution in [3.05, 3.63) is 29.8 Å². The van der Waals surface area contributed by atoms with Gasteiger partial charge in [0.1, 0.15) is 0 Å². The molecule has 0 radical (unpaired) electrons. The maximum atomic E-state index is 5.67. The Hall–Kier alpha value is -2.37. The van der Waals surface area contributed by atoms with Gasteiger partial charge in [0.25, 0.3) is 0 Å². The first-order valence-corrected chi connectivity index (χ1v) is 7.09. The van der Waals surface area contributed by atoms with Gasteiger partial charge in [0.2, 0.25) is 11.9 Å². The van der Waals surface area contributed by atoms with E-state index in [-0.39, 0.29) is 12.0 Å². The lowest BCUT2D eigenvalue weighted by atomic mass is 10.0. The smallest absolute Gasteiger partial charge is 0.323 e. The number of aromatic nitrogens is 3. The molecule has 2 rings (SSSR count). The quantitative estimate of drug-likeness (QED) is 0.849. The number of nitrogens with one attached hydrogen (secondary N) is 1. The van der Waals surface area contributed by atoms with Crippen molar-refractivity contribution >= 4 is 17.6 Å². The minimum atomic E-state index is 0.136. The van der Waals surface area contributed by atoms with Gasteiger partial charge in [-0.1, -0.05) is 32.9 Å². The van der Waals surface area contributed by atoms with Crippen LogP contribution in [0.5, 0.6) is 6.01 Å². The molecule has 0 amide bonds. The Balaban J connectivity index is 2.12. The van der Waals surface area contributed by atoms with Gasteiger partial charge < -0.3 is 15.8 Å². The Morgan fingerprint density at radius 1 is 1.14 bits per heavy atom. The Morgan fingerprint density at radius 3 is 2.48 bits per heavy atom. The van der Waals surface area contributed by atoms with Crippen molar-refractivity contribution in [1.82, 2.24) is 15.0 Å². The predicted molar refractivity (Wildman–Crippen MR) is 83.8 cm³/mol. The molecule has 1 heterocycles. The summed E-state index contributed by atoms with van der Waals surface area (Å²) < 4.78 is 5.38. The van der Waals surface area contributed by atoms with Crippen LogP contribution in [0.3, 0.4) is 0 Å². The van der Waals surface area contributed by atoms with Crippen molar-refractivity contribution in [2.24, 2.45) is 0 Å². The molecule has 0 aliphatic heterocycles. The minimum absolute atomic E-state index is 0.136. The van der Waals surface area contributed by atoms with E-state index in [1.165, 1.54) is 5.56 Å². The van der Waals surface area contributed by atoms with E-state index in [1.54, 1.807) is 0 Å². The lowest BCUT2D eigenvalue weighted by Crippen LogP contribution is -2.07. The Morgan fingerprint density at radius 2 is 1.86 bits per heavy atom. The van der Waals surface area contributed by atoms with Crippen LogP contribution in [0.15, 0.2) is 24.3 Å². The molecular formula is C15H21N5O. The van der Waals surface area contributed by atoms with Crippen LogP contribution in [-0.4, -0.2) is 21.6 Å². The van der Waals surface area contributed by atoms with Crippen LogP contribution in [0.1, 0.15) is 38.7 Å². The van der Waals surface area contributed by atoms with Crippen molar-refractivity contribution < 1.29 is 4.74 Å². The van der Waals surface area contributed by atoms with E-state index < -0.39 is 0 Å². The highest BCUT2D eigenvalue weighted by molar-refractivity contribution is 5.54. The third kappa shape index (κ3) is 4.30. The first-order chi connectivity index (χ1) is 10.1. The van der Waals surface area contributed by atoms with Crippen molar-refractivity contribution in [3.8, 4) is 6.01 Å². The van der Waals surface area contributed by atoms with Gasteiger partial charge in [-0.2, -0.15) is 15.0 Å². The third-order valence-electron chi connectivity index (χ3n) is 2.90. The number of hydrogen-bond donors (Lipinski definition) is 2. The van der Waals surface area contributed by atoms with Crippen LogP contribution in [0.25, 0.3) is 0 Å². The molecule has 0 fully saturated rings. The van der Waals surface area contributed by atoms with E-state index in [0.717, 1.165) is 12.1 Å². The maximum Gasteiger partial charge on any atom is 0.323 e. The average molecular weight is 287 g/mol. The summed E-state index contributed by atoms with van der Waals surface area (Å²) in [7, 11) is 0. The molecule has 112 valence electrons. The Kier molecular flexibility index (Phi) is 4.92. The zero-order valence-electron chi connectivity index (χ0n) is 12.6. The summed E-state index contributed by atoms with van der Waals surface area (Å²) in [5.74, 6) is 1.02. The van der Waals surface area contributed by atoms with Gasteiger partial charge in [0.15, 0.2) is 0 Å². The Labute approximate surface area is 124 Å². The molecule has 0 unspecified atom stereocenters. The normalized spacial score (nSPS) is 10.7. The van der Waals surface area contributed by atoms with Crippen molar-refractivity contribution in [1.29, 1.82) is 0 Å². The molecule has 1 aromatic carbocycles. The molecular weight excluding hydrogens is 266 g/mol. The molecule has 6 nitrogen and oxygen atoms in total. The molecule has 2 aromatic rings. The van der Waals surface area contributed by atoms with Crippen LogP contribution in [0.4, 0.5) is 17.6 Å². The summed E-state index contributed by atoms with van der Waals surface area (Å²) in [5.41, 5.74) is 7.84. The topological polar surface area (TPSA) is 86.0 Å². The van der Waals surface area contributed by atoms with Crippen molar-refractivity contribution in [2.75, 3.05) is 17.7 Å². The van der Waals surface area contributed by atoms with Crippen LogP contribution >= 0.6 is 0 Å². The monoisotopic (exact) mass is 287 g/mol. The summed E-state index contributed by atoms with van der Waals surface area (Å²) in [6.07, 6.45) is 0.880. The first-order valence-electron chi connectivity index (χ1n) is 7.09. The summed E-state index contributed by atoms with van der Waals surface area (Å²) in [6.45, 7) is 6.88. The van der Waals surface area contributed by atoms with E-state index in [0.29, 0.717) is 18.5 Å². The molecule has 0 aliphatic carbocycles. The van der Waals surface area contributed by atoms with Crippen molar-refractivity contribution in [2.45, 2.75) is 33.1 Å². The highest BCUT2D eigenvalue weighted by atomic mass is 16.5. The number of anilines is 3. The number of nitrogens with zero attached hydrogens (tertiary/aromatic N) is 3. The number of nitrogen functional groups attached to an aromatic ring is 1. The fraction of sp³-hybridized carbons (Fsp3) is 0.400. The SMILES string of the molecule is CCCOc1nc(N)nc(Nc2ccc(C(C)C)cc2)n1. The van der Waals surface area contributed by atoms with E-state index in [4.69, 9.17) is 10.5 Å². The highest BCUT2D eigenvalue weighted by Gasteiger charge is 2.06. The molecule has 0 bridgehead atoms. The van der Waals surface area contributed by atoms with E-state index >= 15 is 0 Å². The summed E-state index contributed by atoms with van der Waals surface area (Å²) in [6, 6.07) is 8.37. The number of benzene rings is 1. The Bertz CT molecular complexity index is 583. The maximum absolute atomic E-state index is 5.67. The largest absolute Gasteiger partial charge is 0.463 e. The first kappa shape index (κ1) is 15.0. The fourth-order valence-corrected chi connectivity index (χ4v) is 1.77. The van der Waals surface area contributed by atoms with Gasteiger partial charge >= 0.3 is 6.01 Å². The molecule has 21 heavy (non-hydrogen) atoms. The molecule has 1 aromatic heterocycles. The van der Waals surface area contributed by atoms with Gasteiger partial charge in [-0.25, -0.2) is 0 Å². The van der Waals surface area contributed by atoms with E-state index in [1.807, 2.05) is 19.1 Å². The van der Waals surface area contributed by atoms with Crippen molar-refractivity contribution in [3.63, 3.8) is 0 Å². The average Bonchev–Trinajstić information content (AvgIpc) is 2.45. The zero-order chi connectivity index (χ0) is 15.2. The zero-order valence-corrected chi connectivity index (χ0v) is 12.6. The second-order valence-corrected chi connectivity index (χ2v) is 5.05. The van der Waals surface area contributed by atoms with Crippen LogP contribution in [0, 0.1) is 0 Å². The lowest BCUT2D eigenvalue weighted by molar-refractivity contribution is 0.292. The second-order valence-electron chi connectivity index (χ2n) is 5.05. The number of nitrogens with two attached hydrogens (primary N) is 1. The molecule has 0 aliphatic rings. The van der Waals surface area contributed by atoms with Gasteiger partial charge in [-0.05, 0) is 30.0 Å². The summed E-state index contributed by atoms with van der Waals surface area (Å²) >= 11 is 0. The minimum Gasteiger partial charge on any atom is -0.463 e. The van der Waals surface area contributed by atoms with Gasteiger partial charge in [0.05, 0.1) is 6.61 Å². The predicted octanol–water partition coefficient (Wildman–Crippen LogP) is 3.11. The molecule has 0 spiro atoms. The molecule has 0 atom stereocenters. The third-order valence-corrected chi connectivity index (χ3v) is 2.90. The molecule has 0 saturated heterocycles. The number of rotatable bonds is 6. The number of ether oxygens (including phenoxy) is 1. The highest BCUT2D eigenvalue weighted by Crippen LogP contribution is 2.20. The molecule has 0 saturated carbocycles. The van der Waals surface area contributed by atoms with Crippen LogP contribution in [0.2, 0.25) is 0 Å². The van der Waals surface area contributed by atoms with Gasteiger partial charge in [-0.3, -0.25) is 0 Å². The summed E-state index contributed by atoms with van der Waals surface area (Å²) in [5, 5.41) is 3.11. The van der Waals surface area contributed by atoms with Gasteiger partial charge in [-0.15, -0.1) is 0 Å². The number of hydrogen-bond acceptors (Lipinski definition) is 6. The lowest BCUT2D eigenvalue weighted by Gasteiger charge is -2.09. The molecule has 3 N–H and O–H groups in total. The molecule has 6 heteroatoms. The van der Waals surface area contributed by atoms with Crippen LogP contribution < -0.4 is 15.8 Å². The van der Waals surface area contributed by atoms with Gasteiger partial charge in [0, 0.05) is 5.69 Å².